The number of thioether (sulfide) groups is 2. The van der Waals surface area contributed by atoms with Crippen molar-refractivity contribution in [1.29, 1.82) is 0 Å². The molecule has 1 aromatic rings. The van der Waals surface area contributed by atoms with Gasteiger partial charge in [-0.2, -0.15) is 0 Å². The van der Waals surface area contributed by atoms with E-state index in [9.17, 15) is 4.39 Å². The third kappa shape index (κ3) is 2.45. The van der Waals surface area contributed by atoms with Crippen LogP contribution < -0.4 is 0 Å². The van der Waals surface area contributed by atoms with Crippen LogP contribution in [0.15, 0.2) is 24.3 Å². The van der Waals surface area contributed by atoms with Crippen molar-refractivity contribution in [1.82, 2.24) is 0 Å². The number of halogens is 1. The van der Waals surface area contributed by atoms with E-state index in [1.807, 2.05) is 41.7 Å². The van der Waals surface area contributed by atoms with E-state index in [4.69, 9.17) is 0 Å². The molecular formula is C11H13FS2. The first-order valence-corrected chi connectivity index (χ1v) is 6.88. The van der Waals surface area contributed by atoms with E-state index in [0.717, 1.165) is 5.56 Å². The molecule has 0 nitrogen and oxygen atoms in total. The van der Waals surface area contributed by atoms with E-state index < -0.39 is 0 Å². The highest BCUT2D eigenvalue weighted by Crippen LogP contribution is 2.43. The fourth-order valence-corrected chi connectivity index (χ4v) is 4.38. The van der Waals surface area contributed by atoms with Crippen molar-refractivity contribution in [3.8, 4) is 0 Å². The Morgan fingerprint density at radius 3 is 2.79 bits per heavy atom. The van der Waals surface area contributed by atoms with Crippen molar-refractivity contribution in [2.45, 2.75) is 17.7 Å². The second-order valence-electron chi connectivity index (χ2n) is 3.31. The van der Waals surface area contributed by atoms with Crippen molar-refractivity contribution in [3.63, 3.8) is 0 Å². The molecule has 0 radical (unpaired) electrons. The van der Waals surface area contributed by atoms with Gasteiger partial charge < -0.3 is 0 Å². The van der Waals surface area contributed by atoms with Crippen LogP contribution in [-0.4, -0.2) is 11.5 Å². The second kappa shape index (κ2) is 5.08. The van der Waals surface area contributed by atoms with E-state index in [1.54, 1.807) is 0 Å². The number of rotatable bonds is 2. The zero-order valence-electron chi connectivity index (χ0n) is 7.91. The first-order chi connectivity index (χ1) is 6.90. The lowest BCUT2D eigenvalue weighted by Gasteiger charge is -2.21. The lowest BCUT2D eigenvalue weighted by molar-refractivity contribution is 0.485. The van der Waals surface area contributed by atoms with E-state index in [2.05, 4.69) is 6.07 Å². The Balaban J connectivity index is 2.13. The fraction of sp³-hybridized carbons (Fsp3) is 0.455. The molecule has 0 saturated carbocycles. The van der Waals surface area contributed by atoms with Gasteiger partial charge in [0, 0.05) is 0 Å². The molecule has 1 aliphatic heterocycles. The monoisotopic (exact) mass is 228 g/mol. The number of benzene rings is 1. The van der Waals surface area contributed by atoms with Crippen LogP contribution in [-0.2, 0) is 6.67 Å². The fourth-order valence-electron chi connectivity index (χ4n) is 1.50. The topological polar surface area (TPSA) is 0 Å². The van der Waals surface area contributed by atoms with Crippen LogP contribution in [0.25, 0.3) is 0 Å². The molecule has 0 aliphatic carbocycles. The molecule has 1 heterocycles. The molecule has 1 fully saturated rings. The molecule has 0 N–H and O–H groups in total. The minimum absolute atomic E-state index is 0.351. The van der Waals surface area contributed by atoms with Gasteiger partial charge >= 0.3 is 0 Å². The zero-order chi connectivity index (χ0) is 9.80. The minimum Gasteiger partial charge on any atom is -0.246 e. The van der Waals surface area contributed by atoms with Crippen molar-refractivity contribution >= 4 is 23.5 Å². The maximum Gasteiger partial charge on any atom is 0.115 e. The third-order valence-corrected chi connectivity index (χ3v) is 5.22. The molecule has 0 unspecified atom stereocenters. The van der Waals surface area contributed by atoms with Gasteiger partial charge in [0.1, 0.15) is 6.67 Å². The van der Waals surface area contributed by atoms with Crippen LogP contribution in [0.4, 0.5) is 4.39 Å². The maximum absolute atomic E-state index is 12.5. The summed E-state index contributed by atoms with van der Waals surface area (Å²) in [6.45, 7) is -0.351. The summed E-state index contributed by atoms with van der Waals surface area (Å²) in [5, 5.41) is 0. The van der Waals surface area contributed by atoms with Crippen molar-refractivity contribution in [3.05, 3.63) is 35.4 Å². The standard InChI is InChI=1S/C11H13FS2/c12-8-9-3-1-4-10(7-9)11-13-5-2-6-14-11/h1,3-4,7,11H,2,5-6,8H2. The first-order valence-electron chi connectivity index (χ1n) is 4.78. The molecule has 0 bridgehead atoms. The van der Waals surface area contributed by atoms with Crippen LogP contribution in [0, 0.1) is 0 Å². The van der Waals surface area contributed by atoms with Gasteiger partial charge in [0.05, 0.1) is 4.58 Å². The highest BCUT2D eigenvalue weighted by Gasteiger charge is 2.16. The molecule has 2 rings (SSSR count). The average Bonchev–Trinajstić information content (AvgIpc) is 2.30. The Hall–Kier alpha value is -0.150. The number of hydrogen-bond donors (Lipinski definition) is 0. The minimum atomic E-state index is -0.351. The highest BCUT2D eigenvalue weighted by atomic mass is 32.2. The van der Waals surface area contributed by atoms with Crippen LogP contribution in [0.2, 0.25) is 0 Å². The number of alkyl halides is 1. The molecule has 1 saturated heterocycles. The molecule has 0 amide bonds. The van der Waals surface area contributed by atoms with Crippen molar-refractivity contribution in [2.24, 2.45) is 0 Å². The van der Waals surface area contributed by atoms with Crippen LogP contribution >= 0.6 is 23.5 Å². The molecule has 0 aromatic heterocycles. The van der Waals surface area contributed by atoms with Gasteiger partial charge in [-0.05, 0) is 29.1 Å². The normalized spacial score (nSPS) is 18.4. The Labute approximate surface area is 92.7 Å². The molecule has 14 heavy (non-hydrogen) atoms. The summed E-state index contributed by atoms with van der Waals surface area (Å²) < 4.78 is 13.0. The van der Waals surface area contributed by atoms with E-state index in [0.29, 0.717) is 4.58 Å². The second-order valence-corrected chi connectivity index (χ2v) is 6.03. The average molecular weight is 228 g/mol. The summed E-state index contributed by atoms with van der Waals surface area (Å²) in [5.41, 5.74) is 2.07. The first kappa shape index (κ1) is 10.4. The lowest BCUT2D eigenvalue weighted by Crippen LogP contribution is -2.00. The summed E-state index contributed by atoms with van der Waals surface area (Å²) in [4.78, 5) is 0. The van der Waals surface area contributed by atoms with Crippen molar-refractivity contribution < 1.29 is 4.39 Å². The van der Waals surface area contributed by atoms with Gasteiger partial charge in [0.15, 0.2) is 0 Å². The predicted octanol–water partition coefficient (Wildman–Crippen LogP) is 4.02. The SMILES string of the molecule is FCc1cccc(C2SCCCS2)c1. The number of hydrogen-bond acceptors (Lipinski definition) is 2. The molecule has 1 aliphatic rings. The van der Waals surface area contributed by atoms with Gasteiger partial charge in [0.2, 0.25) is 0 Å². The van der Waals surface area contributed by atoms with Crippen LogP contribution in [0.5, 0.6) is 0 Å². The smallest absolute Gasteiger partial charge is 0.115 e. The van der Waals surface area contributed by atoms with Gasteiger partial charge in [-0.15, -0.1) is 23.5 Å². The Morgan fingerprint density at radius 2 is 2.07 bits per heavy atom. The van der Waals surface area contributed by atoms with Gasteiger partial charge in [-0.1, -0.05) is 24.3 Å². The molecule has 76 valence electrons. The molecule has 0 atom stereocenters. The van der Waals surface area contributed by atoms with Gasteiger partial charge in [-0.3, -0.25) is 0 Å². The summed E-state index contributed by atoms with van der Waals surface area (Å²) in [5.74, 6) is 2.47. The van der Waals surface area contributed by atoms with E-state index in [-0.39, 0.29) is 6.67 Å². The molecule has 3 heteroatoms. The summed E-state index contributed by atoms with van der Waals surface area (Å²) >= 11 is 3.95. The lowest BCUT2D eigenvalue weighted by atomic mass is 10.1. The largest absolute Gasteiger partial charge is 0.246 e. The Bertz CT molecular complexity index is 295. The van der Waals surface area contributed by atoms with Gasteiger partial charge in [0.25, 0.3) is 0 Å². The molecular weight excluding hydrogens is 215 g/mol. The summed E-state index contributed by atoms with van der Waals surface area (Å²) in [7, 11) is 0. The molecule has 1 aromatic carbocycles. The Morgan fingerprint density at radius 1 is 1.29 bits per heavy atom. The van der Waals surface area contributed by atoms with E-state index >= 15 is 0 Å². The van der Waals surface area contributed by atoms with E-state index in [1.165, 1.54) is 23.5 Å². The quantitative estimate of drug-likeness (QED) is 0.749. The highest BCUT2D eigenvalue weighted by molar-refractivity contribution is 8.16. The summed E-state index contributed by atoms with van der Waals surface area (Å²) in [6, 6.07) is 7.91. The van der Waals surface area contributed by atoms with Crippen LogP contribution in [0.1, 0.15) is 22.1 Å². The van der Waals surface area contributed by atoms with Crippen LogP contribution in [0.3, 0.4) is 0 Å². The predicted molar refractivity (Wildman–Crippen MR) is 63.5 cm³/mol. The van der Waals surface area contributed by atoms with Crippen molar-refractivity contribution in [2.75, 3.05) is 11.5 Å². The Kier molecular flexibility index (Phi) is 3.76. The molecule has 0 spiro atoms. The maximum atomic E-state index is 12.5. The zero-order valence-corrected chi connectivity index (χ0v) is 9.54. The summed E-state index contributed by atoms with van der Waals surface area (Å²) in [6.07, 6.45) is 1.30. The third-order valence-electron chi connectivity index (χ3n) is 2.20. The van der Waals surface area contributed by atoms with Gasteiger partial charge in [-0.25, -0.2) is 4.39 Å².